The molecular formula is C10H10BrCl. The van der Waals surface area contributed by atoms with Crippen LogP contribution in [0, 0.1) is 6.92 Å². The molecule has 0 radical (unpaired) electrons. The van der Waals surface area contributed by atoms with Crippen molar-refractivity contribution in [2.45, 2.75) is 13.8 Å². The van der Waals surface area contributed by atoms with Crippen LogP contribution < -0.4 is 0 Å². The fourth-order valence-corrected chi connectivity index (χ4v) is 2.10. The van der Waals surface area contributed by atoms with Gasteiger partial charge in [0, 0.05) is 9.50 Å². The second-order valence-corrected chi connectivity index (χ2v) is 4.07. The van der Waals surface area contributed by atoms with Gasteiger partial charge in [0.25, 0.3) is 0 Å². The van der Waals surface area contributed by atoms with Crippen LogP contribution in [0.15, 0.2) is 23.2 Å². The monoisotopic (exact) mass is 244 g/mol. The maximum absolute atomic E-state index is 5.97. The van der Waals surface area contributed by atoms with Crippen LogP contribution >= 0.6 is 27.5 Å². The molecule has 0 N–H and O–H groups in total. The van der Waals surface area contributed by atoms with Crippen LogP contribution in [0.25, 0.3) is 5.57 Å². The number of allylic oxidation sites excluding steroid dienone is 1. The van der Waals surface area contributed by atoms with Crippen molar-refractivity contribution in [1.29, 1.82) is 0 Å². The van der Waals surface area contributed by atoms with E-state index in [0.717, 1.165) is 26.2 Å². The van der Waals surface area contributed by atoms with Crippen LogP contribution in [0.2, 0.25) is 5.02 Å². The van der Waals surface area contributed by atoms with E-state index >= 15 is 0 Å². The molecule has 0 atom stereocenters. The summed E-state index contributed by atoms with van der Waals surface area (Å²) in [6.45, 7) is 7.87. The normalized spacial score (nSPS) is 10.0. The van der Waals surface area contributed by atoms with E-state index in [0.29, 0.717) is 0 Å². The fourth-order valence-electron chi connectivity index (χ4n) is 1.18. The molecule has 0 nitrogen and oxygen atoms in total. The topological polar surface area (TPSA) is 0 Å². The predicted octanol–water partition coefficient (Wildman–Crippen LogP) is 4.44. The zero-order chi connectivity index (χ0) is 9.30. The van der Waals surface area contributed by atoms with Gasteiger partial charge in [-0.3, -0.25) is 0 Å². The molecule has 0 bridgehead atoms. The van der Waals surface area contributed by atoms with Gasteiger partial charge in [0.15, 0.2) is 0 Å². The van der Waals surface area contributed by atoms with Crippen LogP contribution in [0.5, 0.6) is 0 Å². The maximum Gasteiger partial charge on any atom is 0.0442 e. The quantitative estimate of drug-likeness (QED) is 0.686. The molecule has 12 heavy (non-hydrogen) atoms. The highest BCUT2D eigenvalue weighted by Gasteiger charge is 2.06. The molecule has 64 valence electrons. The number of rotatable bonds is 1. The minimum Gasteiger partial charge on any atom is -0.0955 e. The van der Waals surface area contributed by atoms with Gasteiger partial charge in [0.1, 0.15) is 0 Å². The molecule has 1 aromatic rings. The molecule has 0 spiro atoms. The smallest absolute Gasteiger partial charge is 0.0442 e. The Kier molecular flexibility index (Phi) is 2.97. The summed E-state index contributed by atoms with van der Waals surface area (Å²) in [6, 6.07) is 3.83. The first kappa shape index (κ1) is 9.82. The van der Waals surface area contributed by atoms with Crippen LogP contribution in [0.3, 0.4) is 0 Å². The lowest BCUT2D eigenvalue weighted by molar-refractivity contribution is 1.39. The number of hydrogen-bond acceptors (Lipinski definition) is 0. The molecule has 0 heterocycles. The first-order valence-electron chi connectivity index (χ1n) is 3.64. The van der Waals surface area contributed by atoms with Crippen LogP contribution in [0.1, 0.15) is 18.1 Å². The zero-order valence-electron chi connectivity index (χ0n) is 7.12. The van der Waals surface area contributed by atoms with Gasteiger partial charge < -0.3 is 0 Å². The van der Waals surface area contributed by atoms with Gasteiger partial charge >= 0.3 is 0 Å². The zero-order valence-corrected chi connectivity index (χ0v) is 9.46. The lowest BCUT2D eigenvalue weighted by atomic mass is 10.0. The first-order chi connectivity index (χ1) is 5.54. The van der Waals surface area contributed by atoms with Crippen molar-refractivity contribution in [2.24, 2.45) is 0 Å². The maximum atomic E-state index is 5.97. The fraction of sp³-hybridized carbons (Fsp3) is 0.200. The first-order valence-corrected chi connectivity index (χ1v) is 4.81. The third-order valence-electron chi connectivity index (χ3n) is 1.77. The van der Waals surface area contributed by atoms with E-state index in [9.17, 15) is 0 Å². The van der Waals surface area contributed by atoms with Crippen molar-refractivity contribution in [3.8, 4) is 0 Å². The Morgan fingerprint density at radius 1 is 1.50 bits per heavy atom. The Labute approximate surface area is 86.4 Å². The molecule has 0 amide bonds. The standard InChI is InChI=1S/C10H10BrCl/c1-6(2)10-7(3)9(12)5-4-8(10)11/h4-5H,1H2,2-3H3. The van der Waals surface area contributed by atoms with Crippen molar-refractivity contribution < 1.29 is 0 Å². The highest BCUT2D eigenvalue weighted by molar-refractivity contribution is 9.10. The predicted molar refractivity (Wildman–Crippen MR) is 58.6 cm³/mol. The Morgan fingerprint density at radius 2 is 2.08 bits per heavy atom. The summed E-state index contributed by atoms with van der Waals surface area (Å²) in [5.74, 6) is 0. The van der Waals surface area contributed by atoms with Crippen molar-refractivity contribution in [2.75, 3.05) is 0 Å². The van der Waals surface area contributed by atoms with E-state index in [1.807, 2.05) is 26.0 Å². The summed E-state index contributed by atoms with van der Waals surface area (Å²) in [4.78, 5) is 0. The van der Waals surface area contributed by atoms with Crippen LogP contribution in [0.4, 0.5) is 0 Å². The third-order valence-corrected chi connectivity index (χ3v) is 2.85. The van der Waals surface area contributed by atoms with Gasteiger partial charge in [-0.1, -0.05) is 34.1 Å². The minimum absolute atomic E-state index is 0.788. The summed E-state index contributed by atoms with van der Waals surface area (Å²) in [5, 5.41) is 0.788. The molecule has 0 saturated heterocycles. The van der Waals surface area contributed by atoms with Crippen molar-refractivity contribution in [3.63, 3.8) is 0 Å². The van der Waals surface area contributed by atoms with Crippen molar-refractivity contribution in [3.05, 3.63) is 39.3 Å². The largest absolute Gasteiger partial charge is 0.0955 e. The van der Waals surface area contributed by atoms with E-state index in [4.69, 9.17) is 11.6 Å². The lowest BCUT2D eigenvalue weighted by Gasteiger charge is -2.09. The van der Waals surface area contributed by atoms with Gasteiger partial charge in [-0.15, -0.1) is 0 Å². The molecule has 2 heteroatoms. The Hall–Kier alpha value is -0.270. The van der Waals surface area contributed by atoms with Gasteiger partial charge in [-0.25, -0.2) is 0 Å². The van der Waals surface area contributed by atoms with E-state index in [-0.39, 0.29) is 0 Å². The molecular weight excluding hydrogens is 235 g/mol. The molecule has 1 aromatic carbocycles. The Bertz CT molecular complexity index is 329. The highest BCUT2D eigenvalue weighted by Crippen LogP contribution is 2.30. The lowest BCUT2D eigenvalue weighted by Crippen LogP contribution is -1.87. The van der Waals surface area contributed by atoms with Crippen molar-refractivity contribution in [1.82, 2.24) is 0 Å². The molecule has 1 rings (SSSR count). The number of halogens is 2. The van der Waals surface area contributed by atoms with Gasteiger partial charge in [-0.2, -0.15) is 0 Å². The van der Waals surface area contributed by atoms with Crippen molar-refractivity contribution >= 4 is 33.1 Å². The summed E-state index contributed by atoms with van der Waals surface area (Å²) < 4.78 is 1.05. The molecule has 0 aliphatic rings. The average molecular weight is 246 g/mol. The van der Waals surface area contributed by atoms with E-state index in [2.05, 4.69) is 22.5 Å². The summed E-state index contributed by atoms with van der Waals surface area (Å²) in [5.41, 5.74) is 3.22. The molecule has 0 aliphatic heterocycles. The van der Waals surface area contributed by atoms with E-state index in [1.54, 1.807) is 0 Å². The average Bonchev–Trinajstić information content (AvgIpc) is 1.97. The van der Waals surface area contributed by atoms with Crippen LogP contribution in [-0.4, -0.2) is 0 Å². The van der Waals surface area contributed by atoms with Gasteiger partial charge in [-0.05, 0) is 42.7 Å². The summed E-state index contributed by atoms with van der Waals surface area (Å²) >= 11 is 9.43. The summed E-state index contributed by atoms with van der Waals surface area (Å²) in [7, 11) is 0. The molecule has 0 aliphatic carbocycles. The second kappa shape index (κ2) is 3.63. The second-order valence-electron chi connectivity index (χ2n) is 2.81. The summed E-state index contributed by atoms with van der Waals surface area (Å²) in [6.07, 6.45) is 0. The van der Waals surface area contributed by atoms with E-state index in [1.165, 1.54) is 0 Å². The van der Waals surface area contributed by atoms with Gasteiger partial charge in [0.2, 0.25) is 0 Å². The Morgan fingerprint density at radius 3 is 2.50 bits per heavy atom. The molecule has 0 aromatic heterocycles. The highest BCUT2D eigenvalue weighted by atomic mass is 79.9. The third kappa shape index (κ3) is 1.73. The minimum atomic E-state index is 0.788. The number of hydrogen-bond donors (Lipinski definition) is 0. The molecule has 0 unspecified atom stereocenters. The SMILES string of the molecule is C=C(C)c1c(Br)ccc(Cl)c1C. The van der Waals surface area contributed by atoms with E-state index < -0.39 is 0 Å². The Balaban J connectivity index is 3.43. The van der Waals surface area contributed by atoms with Crippen LogP contribution in [-0.2, 0) is 0 Å². The molecule has 0 saturated carbocycles. The number of benzene rings is 1. The molecule has 0 fully saturated rings. The van der Waals surface area contributed by atoms with Gasteiger partial charge in [0.05, 0.1) is 0 Å².